The maximum absolute atomic E-state index is 10.9. The number of ether oxygens (including phenoxy) is 1. The molecule has 0 aliphatic carbocycles. The predicted octanol–water partition coefficient (Wildman–Crippen LogP) is 4.49. The highest BCUT2D eigenvalue weighted by Gasteiger charge is 2.03. The molecule has 4 heteroatoms. The molecule has 1 rings (SSSR count). The van der Waals surface area contributed by atoms with Gasteiger partial charge in [-0.1, -0.05) is 57.9 Å². The first-order valence-corrected chi connectivity index (χ1v) is 8.91. The zero-order chi connectivity index (χ0) is 16.8. The molecule has 2 N–H and O–H groups in total. The molecule has 0 aliphatic heterocycles. The molecule has 1 aromatic carbocycles. The van der Waals surface area contributed by atoms with Crippen LogP contribution in [0.5, 0.6) is 5.75 Å². The Bertz CT molecular complexity index is 434. The fourth-order valence-electron chi connectivity index (χ4n) is 2.47. The molecule has 0 amide bonds. The zero-order valence-electron chi connectivity index (χ0n) is 14.4. The van der Waals surface area contributed by atoms with Gasteiger partial charge in [0.05, 0.1) is 5.56 Å². The first-order chi connectivity index (χ1) is 11.2. The minimum absolute atomic E-state index is 0.259. The molecule has 0 atom stereocenters. The standard InChI is InChI=1S/C19H31NO3/c1-2-3-4-5-6-7-8-9-13-20-14-15-23-18-12-10-11-17(16-18)19(21)22/h10-12,16,20H,2-9,13-15H2,1H3,(H,21,22). The van der Waals surface area contributed by atoms with Gasteiger partial charge in [-0.05, 0) is 31.2 Å². The molecule has 0 saturated carbocycles. The molecule has 0 bridgehead atoms. The van der Waals surface area contributed by atoms with E-state index in [9.17, 15) is 4.79 Å². The summed E-state index contributed by atoms with van der Waals surface area (Å²) in [5.74, 6) is -0.318. The van der Waals surface area contributed by atoms with Crippen LogP contribution in [0.15, 0.2) is 24.3 Å². The molecule has 0 radical (unpaired) electrons. The lowest BCUT2D eigenvalue weighted by Crippen LogP contribution is -2.22. The molecular formula is C19H31NO3. The minimum atomic E-state index is -0.928. The first-order valence-electron chi connectivity index (χ1n) is 8.91. The molecule has 23 heavy (non-hydrogen) atoms. The van der Waals surface area contributed by atoms with Crippen molar-refractivity contribution in [1.29, 1.82) is 0 Å². The predicted molar refractivity (Wildman–Crippen MR) is 94.4 cm³/mol. The summed E-state index contributed by atoms with van der Waals surface area (Å²) in [6.07, 6.45) is 10.7. The number of hydrogen-bond donors (Lipinski definition) is 2. The number of carbonyl (C=O) groups is 1. The Balaban J connectivity index is 1.93. The highest BCUT2D eigenvalue weighted by atomic mass is 16.5. The fourth-order valence-corrected chi connectivity index (χ4v) is 2.47. The number of aromatic carboxylic acids is 1. The second-order valence-corrected chi connectivity index (χ2v) is 5.91. The fraction of sp³-hybridized carbons (Fsp3) is 0.632. The van der Waals surface area contributed by atoms with Crippen LogP contribution in [0.2, 0.25) is 0 Å². The third-order valence-electron chi connectivity index (χ3n) is 3.84. The van der Waals surface area contributed by atoms with Crippen LogP contribution in [-0.4, -0.2) is 30.8 Å². The Hall–Kier alpha value is -1.55. The molecule has 1 aromatic rings. The summed E-state index contributed by atoms with van der Waals surface area (Å²) in [5, 5.41) is 12.3. The van der Waals surface area contributed by atoms with Gasteiger partial charge in [-0.25, -0.2) is 4.79 Å². The summed E-state index contributed by atoms with van der Waals surface area (Å²) >= 11 is 0. The highest BCUT2D eigenvalue weighted by molar-refractivity contribution is 5.87. The van der Waals surface area contributed by atoms with Crippen molar-refractivity contribution in [3.8, 4) is 5.75 Å². The van der Waals surface area contributed by atoms with Crippen molar-refractivity contribution in [1.82, 2.24) is 5.32 Å². The number of nitrogens with one attached hydrogen (secondary N) is 1. The molecule has 0 aromatic heterocycles. The molecule has 0 spiro atoms. The molecule has 0 unspecified atom stereocenters. The van der Waals surface area contributed by atoms with Gasteiger partial charge in [0, 0.05) is 6.54 Å². The van der Waals surface area contributed by atoms with Gasteiger partial charge in [0.2, 0.25) is 0 Å². The van der Waals surface area contributed by atoms with Gasteiger partial charge in [0.25, 0.3) is 0 Å². The van der Waals surface area contributed by atoms with E-state index in [2.05, 4.69) is 12.2 Å². The summed E-state index contributed by atoms with van der Waals surface area (Å²) in [6, 6.07) is 6.61. The quantitative estimate of drug-likeness (QED) is 0.496. The minimum Gasteiger partial charge on any atom is -0.492 e. The van der Waals surface area contributed by atoms with E-state index >= 15 is 0 Å². The van der Waals surface area contributed by atoms with E-state index in [1.165, 1.54) is 51.4 Å². The number of hydrogen-bond acceptors (Lipinski definition) is 3. The summed E-state index contributed by atoms with van der Waals surface area (Å²) in [7, 11) is 0. The van der Waals surface area contributed by atoms with Crippen molar-refractivity contribution in [3.05, 3.63) is 29.8 Å². The third kappa shape index (κ3) is 9.95. The third-order valence-corrected chi connectivity index (χ3v) is 3.84. The lowest BCUT2D eigenvalue weighted by molar-refractivity contribution is 0.0696. The summed E-state index contributed by atoms with van der Waals surface area (Å²) in [6.45, 7) is 4.61. The van der Waals surface area contributed by atoms with Crippen LogP contribution in [0.3, 0.4) is 0 Å². The highest BCUT2D eigenvalue weighted by Crippen LogP contribution is 2.13. The number of carboxylic acid groups (broad SMARTS) is 1. The monoisotopic (exact) mass is 321 g/mol. The molecule has 0 heterocycles. The van der Waals surface area contributed by atoms with Crippen LogP contribution in [0, 0.1) is 0 Å². The Morgan fingerprint density at radius 1 is 1.04 bits per heavy atom. The molecule has 0 aliphatic rings. The maximum Gasteiger partial charge on any atom is 0.335 e. The molecular weight excluding hydrogens is 290 g/mol. The van der Waals surface area contributed by atoms with Crippen molar-refractivity contribution >= 4 is 5.97 Å². The van der Waals surface area contributed by atoms with Crippen molar-refractivity contribution in [2.45, 2.75) is 58.3 Å². The zero-order valence-corrected chi connectivity index (χ0v) is 14.4. The second-order valence-electron chi connectivity index (χ2n) is 5.91. The van der Waals surface area contributed by atoms with E-state index in [0.29, 0.717) is 12.4 Å². The summed E-state index contributed by atoms with van der Waals surface area (Å²) in [4.78, 5) is 10.9. The Morgan fingerprint density at radius 3 is 2.43 bits per heavy atom. The lowest BCUT2D eigenvalue weighted by Gasteiger charge is -2.08. The molecule has 0 fully saturated rings. The normalized spacial score (nSPS) is 10.7. The maximum atomic E-state index is 10.9. The molecule has 0 saturated heterocycles. The van der Waals surface area contributed by atoms with Crippen molar-refractivity contribution in [2.75, 3.05) is 19.7 Å². The van der Waals surface area contributed by atoms with Crippen LogP contribution in [0.4, 0.5) is 0 Å². The van der Waals surface area contributed by atoms with E-state index < -0.39 is 5.97 Å². The van der Waals surface area contributed by atoms with E-state index in [4.69, 9.17) is 9.84 Å². The summed E-state index contributed by atoms with van der Waals surface area (Å²) in [5.41, 5.74) is 0.259. The second kappa shape index (κ2) is 12.9. The number of benzene rings is 1. The van der Waals surface area contributed by atoms with Crippen LogP contribution in [0.1, 0.15) is 68.6 Å². The van der Waals surface area contributed by atoms with E-state index in [-0.39, 0.29) is 5.56 Å². The van der Waals surface area contributed by atoms with Gasteiger partial charge in [-0.3, -0.25) is 0 Å². The van der Waals surface area contributed by atoms with Gasteiger partial charge < -0.3 is 15.2 Å². The number of unbranched alkanes of at least 4 members (excludes halogenated alkanes) is 7. The Morgan fingerprint density at radius 2 is 1.74 bits per heavy atom. The van der Waals surface area contributed by atoms with Gasteiger partial charge in [-0.15, -0.1) is 0 Å². The van der Waals surface area contributed by atoms with Gasteiger partial charge in [-0.2, -0.15) is 0 Å². The van der Waals surface area contributed by atoms with Crippen molar-refractivity contribution in [2.24, 2.45) is 0 Å². The number of rotatable bonds is 14. The smallest absolute Gasteiger partial charge is 0.335 e. The topological polar surface area (TPSA) is 58.6 Å². The lowest BCUT2D eigenvalue weighted by atomic mass is 10.1. The average molecular weight is 321 g/mol. The van der Waals surface area contributed by atoms with E-state index in [0.717, 1.165) is 13.1 Å². The van der Waals surface area contributed by atoms with Crippen LogP contribution in [0.25, 0.3) is 0 Å². The largest absolute Gasteiger partial charge is 0.492 e. The summed E-state index contributed by atoms with van der Waals surface area (Å²) < 4.78 is 5.55. The van der Waals surface area contributed by atoms with Crippen molar-refractivity contribution < 1.29 is 14.6 Å². The van der Waals surface area contributed by atoms with Crippen LogP contribution >= 0.6 is 0 Å². The molecule has 4 nitrogen and oxygen atoms in total. The van der Waals surface area contributed by atoms with E-state index in [1.807, 2.05) is 0 Å². The first kappa shape index (κ1) is 19.5. The van der Waals surface area contributed by atoms with E-state index in [1.54, 1.807) is 24.3 Å². The SMILES string of the molecule is CCCCCCCCCCNCCOc1cccc(C(=O)O)c1. The van der Waals surface area contributed by atoms with Crippen LogP contribution in [-0.2, 0) is 0 Å². The Kier molecular flexibility index (Phi) is 11.0. The van der Waals surface area contributed by atoms with Crippen molar-refractivity contribution in [3.63, 3.8) is 0 Å². The van der Waals surface area contributed by atoms with Gasteiger partial charge >= 0.3 is 5.97 Å². The average Bonchev–Trinajstić information content (AvgIpc) is 2.56. The van der Waals surface area contributed by atoms with Gasteiger partial charge in [0.15, 0.2) is 0 Å². The Labute approximate surface area is 140 Å². The van der Waals surface area contributed by atoms with Gasteiger partial charge in [0.1, 0.15) is 12.4 Å². The van der Waals surface area contributed by atoms with Crippen LogP contribution < -0.4 is 10.1 Å². The number of carboxylic acids is 1. The molecule has 130 valence electrons.